The third kappa shape index (κ3) is 4.42. The molecule has 0 radical (unpaired) electrons. The molecule has 0 aromatic rings. The second-order valence-electron chi connectivity index (χ2n) is 2.58. The zero-order valence-electron chi connectivity index (χ0n) is 9.03. The highest BCUT2D eigenvalue weighted by atomic mass is 31.2. The van der Waals surface area contributed by atoms with Crippen LogP contribution in [-0.4, -0.2) is 49.5 Å². The number of ether oxygens (including phenoxy) is 1. The minimum Gasteiger partial charge on any atom is -0.479 e. The molecular weight excluding hydrogens is 239 g/mol. The second kappa shape index (κ2) is 7.54. The minimum absolute atomic E-state index is 0.117. The molecule has 0 spiro atoms. The summed E-state index contributed by atoms with van der Waals surface area (Å²) < 4.78 is 25.6. The van der Waals surface area contributed by atoms with Crippen molar-refractivity contribution in [1.82, 2.24) is 0 Å². The average molecular weight is 254 g/mol. The van der Waals surface area contributed by atoms with Crippen LogP contribution in [0.15, 0.2) is 12.2 Å². The SMILES string of the molecule is COP(=O)(OC)C(OCC=CCO)C(=O)O. The molecular formula is C8H15O7P. The normalized spacial score (nSPS) is 14.2. The number of rotatable bonds is 8. The minimum atomic E-state index is -3.81. The van der Waals surface area contributed by atoms with E-state index in [-0.39, 0.29) is 13.2 Å². The molecule has 0 saturated carbocycles. The first kappa shape index (κ1) is 15.3. The maximum Gasteiger partial charge on any atom is 0.370 e. The van der Waals surface area contributed by atoms with E-state index in [0.29, 0.717) is 0 Å². The molecule has 0 aliphatic carbocycles. The molecule has 0 aliphatic rings. The first-order valence-electron chi connectivity index (χ1n) is 4.33. The van der Waals surface area contributed by atoms with Crippen molar-refractivity contribution in [2.75, 3.05) is 27.4 Å². The largest absolute Gasteiger partial charge is 0.479 e. The Balaban J connectivity index is 4.56. The number of carboxylic acid groups (broad SMARTS) is 1. The van der Waals surface area contributed by atoms with E-state index in [1.807, 2.05) is 0 Å². The van der Waals surface area contributed by atoms with Crippen molar-refractivity contribution in [3.63, 3.8) is 0 Å². The summed E-state index contributed by atoms with van der Waals surface area (Å²) in [5.41, 5.74) is 0. The van der Waals surface area contributed by atoms with Crippen molar-refractivity contribution < 1.29 is 33.4 Å². The van der Waals surface area contributed by atoms with Gasteiger partial charge in [0, 0.05) is 14.2 Å². The number of carbonyl (C=O) groups is 1. The molecule has 0 bridgehead atoms. The molecule has 8 heteroatoms. The Kier molecular flexibility index (Phi) is 7.20. The molecule has 0 aromatic heterocycles. The van der Waals surface area contributed by atoms with Gasteiger partial charge < -0.3 is 24.0 Å². The molecule has 1 atom stereocenters. The van der Waals surface area contributed by atoms with E-state index in [2.05, 4.69) is 9.05 Å². The van der Waals surface area contributed by atoms with Crippen LogP contribution in [0.2, 0.25) is 0 Å². The van der Waals surface area contributed by atoms with Gasteiger partial charge in [0.1, 0.15) is 0 Å². The highest BCUT2D eigenvalue weighted by Gasteiger charge is 2.41. The molecule has 16 heavy (non-hydrogen) atoms. The molecule has 0 amide bonds. The summed E-state index contributed by atoms with van der Waals surface area (Å²) in [5.74, 6) is -3.13. The summed E-state index contributed by atoms with van der Waals surface area (Å²) in [6.45, 7) is -0.304. The molecule has 7 nitrogen and oxygen atoms in total. The molecule has 1 unspecified atom stereocenters. The van der Waals surface area contributed by atoms with Crippen molar-refractivity contribution in [3.05, 3.63) is 12.2 Å². The Morgan fingerprint density at radius 1 is 1.38 bits per heavy atom. The van der Waals surface area contributed by atoms with Gasteiger partial charge in [-0.15, -0.1) is 0 Å². The van der Waals surface area contributed by atoms with Crippen LogP contribution in [0.1, 0.15) is 0 Å². The number of aliphatic hydroxyl groups excluding tert-OH is 1. The maximum atomic E-state index is 11.7. The third-order valence-electron chi connectivity index (χ3n) is 1.63. The van der Waals surface area contributed by atoms with Crippen molar-refractivity contribution >= 4 is 13.6 Å². The van der Waals surface area contributed by atoms with Crippen molar-refractivity contribution in [2.45, 2.75) is 5.85 Å². The lowest BCUT2D eigenvalue weighted by Gasteiger charge is -2.20. The molecule has 0 aliphatic heterocycles. The van der Waals surface area contributed by atoms with Gasteiger partial charge in [-0.3, -0.25) is 4.57 Å². The predicted octanol–water partition coefficient (Wildman–Crippen LogP) is 0.448. The number of carboxylic acids is 1. The van der Waals surface area contributed by atoms with Gasteiger partial charge in [-0.1, -0.05) is 12.2 Å². The van der Waals surface area contributed by atoms with E-state index in [0.717, 1.165) is 14.2 Å². The van der Waals surface area contributed by atoms with Crippen LogP contribution in [0, 0.1) is 0 Å². The lowest BCUT2D eigenvalue weighted by molar-refractivity contribution is -0.145. The van der Waals surface area contributed by atoms with E-state index >= 15 is 0 Å². The van der Waals surface area contributed by atoms with Crippen LogP contribution in [-0.2, 0) is 23.1 Å². The summed E-state index contributed by atoms with van der Waals surface area (Å²) in [5, 5.41) is 17.2. The van der Waals surface area contributed by atoms with Gasteiger partial charge in [-0.05, 0) is 0 Å². The maximum absolute atomic E-state index is 11.7. The van der Waals surface area contributed by atoms with E-state index < -0.39 is 19.4 Å². The summed E-state index contributed by atoms with van der Waals surface area (Å²) in [6.07, 6.45) is 2.76. The van der Waals surface area contributed by atoms with Gasteiger partial charge in [0.15, 0.2) is 0 Å². The summed E-state index contributed by atoms with van der Waals surface area (Å²) in [7, 11) is -1.66. The highest BCUT2D eigenvalue weighted by molar-refractivity contribution is 7.55. The van der Waals surface area contributed by atoms with Crippen LogP contribution in [0.4, 0.5) is 0 Å². The topological polar surface area (TPSA) is 102 Å². The van der Waals surface area contributed by atoms with Gasteiger partial charge in [0.2, 0.25) is 0 Å². The van der Waals surface area contributed by atoms with E-state index in [1.165, 1.54) is 12.2 Å². The highest BCUT2D eigenvalue weighted by Crippen LogP contribution is 2.52. The lowest BCUT2D eigenvalue weighted by Crippen LogP contribution is -2.25. The molecule has 94 valence electrons. The van der Waals surface area contributed by atoms with Crippen LogP contribution < -0.4 is 0 Å². The molecule has 0 heterocycles. The van der Waals surface area contributed by atoms with Crippen molar-refractivity contribution in [3.8, 4) is 0 Å². The molecule has 0 fully saturated rings. The summed E-state index contributed by atoms with van der Waals surface area (Å²) in [6, 6.07) is 0. The Bertz CT molecular complexity index is 280. The quantitative estimate of drug-likeness (QED) is 0.478. The Hall–Kier alpha value is -0.720. The molecule has 0 saturated heterocycles. The molecule has 0 rings (SSSR count). The van der Waals surface area contributed by atoms with E-state index in [4.69, 9.17) is 14.9 Å². The van der Waals surface area contributed by atoms with Gasteiger partial charge in [0.05, 0.1) is 13.2 Å². The van der Waals surface area contributed by atoms with Gasteiger partial charge in [-0.2, -0.15) is 0 Å². The number of aliphatic hydroxyl groups is 1. The number of hydrogen-bond acceptors (Lipinski definition) is 6. The number of aliphatic carboxylic acids is 1. The number of hydrogen-bond donors (Lipinski definition) is 2. The Morgan fingerprint density at radius 3 is 2.31 bits per heavy atom. The van der Waals surface area contributed by atoms with Gasteiger partial charge >= 0.3 is 13.6 Å². The Morgan fingerprint density at radius 2 is 1.94 bits per heavy atom. The Labute approximate surface area is 93.2 Å². The van der Waals surface area contributed by atoms with Crippen molar-refractivity contribution in [2.24, 2.45) is 0 Å². The van der Waals surface area contributed by atoms with Crippen LogP contribution >= 0.6 is 7.60 Å². The fraction of sp³-hybridized carbons (Fsp3) is 0.625. The monoisotopic (exact) mass is 254 g/mol. The smallest absolute Gasteiger partial charge is 0.370 e. The molecule has 2 N–H and O–H groups in total. The predicted molar refractivity (Wildman–Crippen MR) is 55.2 cm³/mol. The summed E-state index contributed by atoms with van der Waals surface area (Å²) in [4.78, 5) is 10.8. The molecule has 0 aromatic carbocycles. The fourth-order valence-electron chi connectivity index (χ4n) is 0.853. The van der Waals surface area contributed by atoms with Crippen molar-refractivity contribution in [1.29, 1.82) is 0 Å². The van der Waals surface area contributed by atoms with Gasteiger partial charge in [0.25, 0.3) is 5.85 Å². The van der Waals surface area contributed by atoms with E-state index in [1.54, 1.807) is 0 Å². The van der Waals surface area contributed by atoms with Crippen LogP contribution in [0.25, 0.3) is 0 Å². The summed E-state index contributed by atoms with van der Waals surface area (Å²) >= 11 is 0. The van der Waals surface area contributed by atoms with Crippen LogP contribution in [0.3, 0.4) is 0 Å². The second-order valence-corrected chi connectivity index (χ2v) is 4.86. The van der Waals surface area contributed by atoms with E-state index in [9.17, 15) is 9.36 Å². The van der Waals surface area contributed by atoms with Gasteiger partial charge in [-0.25, -0.2) is 4.79 Å². The zero-order valence-corrected chi connectivity index (χ0v) is 9.92. The average Bonchev–Trinajstić information content (AvgIpc) is 2.27. The fourth-order valence-corrected chi connectivity index (χ4v) is 1.92. The first-order valence-corrected chi connectivity index (χ1v) is 5.94. The van der Waals surface area contributed by atoms with Crippen LogP contribution in [0.5, 0.6) is 0 Å². The first-order chi connectivity index (χ1) is 7.51. The lowest BCUT2D eigenvalue weighted by atomic mass is 10.5. The third-order valence-corrected chi connectivity index (χ3v) is 3.59. The zero-order chi connectivity index (χ0) is 12.6. The standard InChI is InChI=1S/C8H15O7P/c1-13-16(12,14-2)8(7(10)11)15-6-4-3-5-9/h3-4,8-9H,5-6H2,1-2H3,(H,10,11).